The predicted molar refractivity (Wildman–Crippen MR) is 86.9 cm³/mol. The van der Waals surface area contributed by atoms with Gasteiger partial charge in [0.15, 0.2) is 0 Å². The molecule has 0 aromatic heterocycles. The van der Waals surface area contributed by atoms with Gasteiger partial charge in [-0.25, -0.2) is 0 Å². The highest BCUT2D eigenvalue weighted by atomic mass is 16.5. The number of likely N-dealkylation sites (tertiary alicyclic amines) is 3. The molecule has 0 aromatic carbocycles. The molecule has 0 atom stereocenters. The van der Waals surface area contributed by atoms with E-state index in [1.54, 1.807) is 0 Å². The Morgan fingerprint density at radius 2 is 1.24 bits per heavy atom. The summed E-state index contributed by atoms with van der Waals surface area (Å²) in [7, 11) is 0. The van der Waals surface area contributed by atoms with Crippen LogP contribution < -0.4 is 0 Å². The smallest absolute Gasteiger partial charge is 0.0863 e. The van der Waals surface area contributed by atoms with Crippen LogP contribution in [-0.4, -0.2) is 73.3 Å². The van der Waals surface area contributed by atoms with Gasteiger partial charge in [0.1, 0.15) is 0 Å². The SMILES string of the molecule is CC(CN1CCCC1)(CN1CCCC1)C[N+]1([O-])CCCC1. The largest absolute Gasteiger partial charge is 0.633 e. The average molecular weight is 295 g/mol. The van der Waals surface area contributed by atoms with Crippen molar-refractivity contribution in [2.45, 2.75) is 45.4 Å². The van der Waals surface area contributed by atoms with Gasteiger partial charge in [0.05, 0.1) is 19.6 Å². The van der Waals surface area contributed by atoms with Crippen molar-refractivity contribution < 1.29 is 4.65 Å². The van der Waals surface area contributed by atoms with Crippen LogP contribution in [0.5, 0.6) is 0 Å². The summed E-state index contributed by atoms with van der Waals surface area (Å²) < 4.78 is 0.0815. The summed E-state index contributed by atoms with van der Waals surface area (Å²) in [6, 6.07) is 0. The molecule has 3 saturated heterocycles. The first-order valence-electron chi connectivity index (χ1n) is 9.09. The highest BCUT2D eigenvalue weighted by Gasteiger charge is 2.38. The summed E-state index contributed by atoms with van der Waals surface area (Å²) in [5.41, 5.74) is 0.167. The van der Waals surface area contributed by atoms with E-state index in [4.69, 9.17) is 0 Å². The second-order valence-electron chi connectivity index (χ2n) is 8.15. The van der Waals surface area contributed by atoms with E-state index in [9.17, 15) is 5.21 Å². The Kier molecular flexibility index (Phi) is 4.89. The van der Waals surface area contributed by atoms with E-state index in [1.165, 1.54) is 51.9 Å². The van der Waals surface area contributed by atoms with Crippen LogP contribution in [0.15, 0.2) is 0 Å². The molecular formula is C17H33N3O. The van der Waals surface area contributed by atoms with Crippen LogP contribution in [0.1, 0.15) is 45.4 Å². The molecular weight excluding hydrogens is 262 g/mol. The van der Waals surface area contributed by atoms with E-state index in [-0.39, 0.29) is 10.1 Å². The first-order chi connectivity index (χ1) is 10.1. The van der Waals surface area contributed by atoms with Crippen molar-refractivity contribution >= 4 is 0 Å². The van der Waals surface area contributed by atoms with Crippen molar-refractivity contribution in [3.05, 3.63) is 5.21 Å². The van der Waals surface area contributed by atoms with Gasteiger partial charge < -0.3 is 19.7 Å². The Balaban J connectivity index is 1.65. The third-order valence-electron chi connectivity index (χ3n) is 5.66. The predicted octanol–water partition coefficient (Wildman–Crippen LogP) is 2.29. The minimum Gasteiger partial charge on any atom is -0.633 e. The molecule has 122 valence electrons. The lowest BCUT2D eigenvalue weighted by atomic mass is 9.88. The van der Waals surface area contributed by atoms with Gasteiger partial charge in [-0.1, -0.05) is 6.92 Å². The van der Waals surface area contributed by atoms with Crippen LogP contribution in [-0.2, 0) is 0 Å². The molecule has 3 rings (SSSR count). The standard InChI is InChI=1S/C17H33N3O/c1-17(14-18-8-2-3-9-18,15-19-10-4-5-11-19)16-20(21)12-6-7-13-20/h2-16H2,1H3. The molecule has 4 nitrogen and oxygen atoms in total. The van der Waals surface area contributed by atoms with Gasteiger partial charge in [-0.05, 0) is 51.9 Å². The molecule has 0 spiro atoms. The van der Waals surface area contributed by atoms with E-state index in [1.807, 2.05) is 0 Å². The molecule has 0 N–H and O–H groups in total. The Hall–Kier alpha value is -0.160. The van der Waals surface area contributed by atoms with Crippen molar-refractivity contribution in [3.8, 4) is 0 Å². The summed E-state index contributed by atoms with van der Waals surface area (Å²) >= 11 is 0. The minimum atomic E-state index is 0.0815. The molecule has 0 saturated carbocycles. The number of hydroxylamine groups is 3. The first-order valence-corrected chi connectivity index (χ1v) is 9.09. The average Bonchev–Trinajstić information content (AvgIpc) is 3.12. The molecule has 3 fully saturated rings. The van der Waals surface area contributed by atoms with Crippen LogP contribution in [0.3, 0.4) is 0 Å². The maximum Gasteiger partial charge on any atom is 0.0863 e. The second kappa shape index (κ2) is 6.53. The van der Waals surface area contributed by atoms with Crippen molar-refractivity contribution in [1.29, 1.82) is 0 Å². The summed E-state index contributed by atoms with van der Waals surface area (Å²) in [4.78, 5) is 5.22. The highest BCUT2D eigenvalue weighted by molar-refractivity contribution is 4.86. The van der Waals surface area contributed by atoms with E-state index in [0.717, 1.165) is 45.6 Å². The molecule has 3 heterocycles. The highest BCUT2D eigenvalue weighted by Crippen LogP contribution is 2.30. The minimum absolute atomic E-state index is 0.0815. The summed E-state index contributed by atoms with van der Waals surface area (Å²) in [6.07, 6.45) is 7.64. The van der Waals surface area contributed by atoms with Crippen molar-refractivity contribution in [1.82, 2.24) is 9.80 Å². The molecule has 4 heteroatoms. The fraction of sp³-hybridized carbons (Fsp3) is 1.00. The monoisotopic (exact) mass is 295 g/mol. The van der Waals surface area contributed by atoms with E-state index < -0.39 is 0 Å². The maximum absolute atomic E-state index is 13.0. The molecule has 0 radical (unpaired) electrons. The van der Waals surface area contributed by atoms with Gasteiger partial charge in [0.25, 0.3) is 0 Å². The third kappa shape index (κ3) is 4.19. The van der Waals surface area contributed by atoms with Gasteiger partial charge in [-0.3, -0.25) is 0 Å². The van der Waals surface area contributed by atoms with Gasteiger partial charge >= 0.3 is 0 Å². The number of nitrogens with zero attached hydrogens (tertiary/aromatic N) is 3. The summed E-state index contributed by atoms with van der Waals surface area (Å²) in [5, 5.41) is 13.0. The number of hydrogen-bond donors (Lipinski definition) is 0. The van der Waals surface area contributed by atoms with Gasteiger partial charge in [-0.2, -0.15) is 0 Å². The lowest BCUT2D eigenvalue weighted by molar-refractivity contribution is -0.874. The molecule has 0 amide bonds. The molecule has 3 aliphatic heterocycles. The molecule has 0 aromatic rings. The zero-order chi connectivity index (χ0) is 14.8. The van der Waals surface area contributed by atoms with Crippen molar-refractivity contribution in [2.24, 2.45) is 5.41 Å². The molecule has 21 heavy (non-hydrogen) atoms. The number of hydrogen-bond acceptors (Lipinski definition) is 3. The number of quaternary nitrogens is 1. The fourth-order valence-electron chi connectivity index (χ4n) is 4.88. The lowest BCUT2D eigenvalue weighted by Gasteiger charge is -2.47. The molecule has 0 aliphatic carbocycles. The van der Waals surface area contributed by atoms with Crippen LogP contribution in [0, 0.1) is 10.6 Å². The molecule has 3 aliphatic rings. The zero-order valence-corrected chi connectivity index (χ0v) is 13.9. The van der Waals surface area contributed by atoms with E-state index in [0.29, 0.717) is 0 Å². The van der Waals surface area contributed by atoms with Crippen LogP contribution in [0.4, 0.5) is 0 Å². The number of rotatable bonds is 6. The lowest BCUT2D eigenvalue weighted by Crippen LogP contribution is -2.54. The van der Waals surface area contributed by atoms with E-state index in [2.05, 4.69) is 16.7 Å². The zero-order valence-electron chi connectivity index (χ0n) is 13.9. The molecule has 0 unspecified atom stereocenters. The Labute approximate surface area is 130 Å². The van der Waals surface area contributed by atoms with Gasteiger partial charge in [-0.15, -0.1) is 0 Å². The van der Waals surface area contributed by atoms with Crippen molar-refractivity contribution in [2.75, 3.05) is 58.9 Å². The second-order valence-corrected chi connectivity index (χ2v) is 8.15. The maximum atomic E-state index is 13.0. The van der Waals surface area contributed by atoms with E-state index >= 15 is 0 Å². The molecule has 0 bridgehead atoms. The summed E-state index contributed by atoms with van der Waals surface area (Å²) in [5.74, 6) is 0. The van der Waals surface area contributed by atoms with Crippen LogP contribution in [0.25, 0.3) is 0 Å². The van der Waals surface area contributed by atoms with Gasteiger partial charge in [0, 0.05) is 31.3 Å². The van der Waals surface area contributed by atoms with Gasteiger partial charge in [0.2, 0.25) is 0 Å². The first kappa shape index (κ1) is 15.7. The van der Waals surface area contributed by atoms with Crippen LogP contribution in [0.2, 0.25) is 0 Å². The Morgan fingerprint density at radius 1 is 0.810 bits per heavy atom. The van der Waals surface area contributed by atoms with Crippen molar-refractivity contribution in [3.63, 3.8) is 0 Å². The third-order valence-corrected chi connectivity index (χ3v) is 5.66. The Morgan fingerprint density at radius 3 is 1.67 bits per heavy atom. The van der Waals surface area contributed by atoms with Crippen LogP contribution >= 0.6 is 0 Å². The quantitative estimate of drug-likeness (QED) is 0.556. The summed E-state index contributed by atoms with van der Waals surface area (Å²) in [6.45, 7) is 12.2. The topological polar surface area (TPSA) is 29.5 Å². The fourth-order valence-corrected chi connectivity index (χ4v) is 4.88. The normalized spacial score (nSPS) is 27.7. The Bertz CT molecular complexity index is 311.